The summed E-state index contributed by atoms with van der Waals surface area (Å²) in [4.78, 5) is 49.4. The van der Waals surface area contributed by atoms with Crippen molar-refractivity contribution in [3.05, 3.63) is 0 Å². The van der Waals surface area contributed by atoms with E-state index in [1.807, 2.05) is 0 Å². The number of carbonyl (C=O) groups is 4. The van der Waals surface area contributed by atoms with Crippen LogP contribution in [0.4, 0.5) is 9.59 Å². The maximum absolute atomic E-state index is 12.4. The van der Waals surface area contributed by atoms with Gasteiger partial charge in [0, 0.05) is 26.1 Å². The van der Waals surface area contributed by atoms with E-state index in [0.717, 1.165) is 71.0 Å². The highest BCUT2D eigenvalue weighted by molar-refractivity contribution is 5.70. The summed E-state index contributed by atoms with van der Waals surface area (Å²) < 4.78 is 21.4. The van der Waals surface area contributed by atoms with Crippen LogP contribution in [-0.4, -0.2) is 109 Å². The molecular weight excluding hydrogens is 757 g/mol. The fourth-order valence-corrected chi connectivity index (χ4v) is 6.82. The predicted molar refractivity (Wildman–Crippen MR) is 236 cm³/mol. The van der Waals surface area contributed by atoms with E-state index in [2.05, 4.69) is 51.8 Å². The first-order valence-corrected chi connectivity index (χ1v) is 23.7. The van der Waals surface area contributed by atoms with Crippen LogP contribution in [0.5, 0.6) is 0 Å². The quantitative estimate of drug-likeness (QED) is 0.0338. The first kappa shape index (κ1) is 58.5. The molecule has 350 valence electrons. The van der Waals surface area contributed by atoms with E-state index < -0.39 is 36.3 Å². The molecule has 0 heterocycles. The van der Waals surface area contributed by atoms with Crippen molar-refractivity contribution in [1.82, 2.24) is 10.2 Å². The SMILES string of the molecule is CCCCCCC(CCCC(=O)O)OC(=O)OCCNCCOC(=O)OC(CCCCCC)CCC(CCN(CC)CC)C(=O)O.CCCCCCC(CO)CCCC. The number of unbranched alkanes of at least 4 members (excludes halogenated alkanes) is 10. The number of carboxylic acid groups (broad SMARTS) is 2. The number of ether oxygens (including phenoxy) is 4. The molecule has 0 saturated heterocycles. The maximum Gasteiger partial charge on any atom is 0.508 e. The third-order valence-electron chi connectivity index (χ3n) is 10.8. The number of rotatable bonds is 40. The molecule has 0 aliphatic rings. The summed E-state index contributed by atoms with van der Waals surface area (Å²) in [5.41, 5.74) is 0. The molecular formula is C46H90N2O11. The van der Waals surface area contributed by atoms with Crippen LogP contribution in [0, 0.1) is 11.8 Å². The zero-order valence-electron chi connectivity index (χ0n) is 38.5. The van der Waals surface area contributed by atoms with Gasteiger partial charge in [0.1, 0.15) is 25.4 Å². The van der Waals surface area contributed by atoms with Gasteiger partial charge in [0.05, 0.1) is 5.92 Å². The minimum Gasteiger partial charge on any atom is -0.481 e. The number of nitrogens with one attached hydrogen (secondary N) is 1. The Bertz CT molecular complexity index is 983. The summed E-state index contributed by atoms with van der Waals surface area (Å²) >= 11 is 0. The lowest BCUT2D eigenvalue weighted by molar-refractivity contribution is -0.142. The van der Waals surface area contributed by atoms with Crippen LogP contribution in [0.1, 0.15) is 196 Å². The van der Waals surface area contributed by atoms with Crippen molar-refractivity contribution in [3.63, 3.8) is 0 Å². The summed E-state index contributed by atoms with van der Waals surface area (Å²) in [6.45, 7) is 16.5. The number of aliphatic hydroxyl groups excluding tert-OH is 1. The Balaban J connectivity index is 0. The molecule has 0 bridgehead atoms. The van der Waals surface area contributed by atoms with Crippen molar-refractivity contribution in [2.75, 3.05) is 52.5 Å². The van der Waals surface area contributed by atoms with Crippen molar-refractivity contribution in [3.8, 4) is 0 Å². The summed E-state index contributed by atoms with van der Waals surface area (Å²) in [5.74, 6) is -1.60. The van der Waals surface area contributed by atoms with Crippen LogP contribution in [0.15, 0.2) is 0 Å². The molecule has 0 rings (SSSR count). The molecule has 4 N–H and O–H groups in total. The van der Waals surface area contributed by atoms with E-state index in [4.69, 9.17) is 29.2 Å². The van der Waals surface area contributed by atoms with Crippen molar-refractivity contribution in [2.24, 2.45) is 11.8 Å². The third-order valence-corrected chi connectivity index (χ3v) is 10.8. The third kappa shape index (κ3) is 39.3. The van der Waals surface area contributed by atoms with E-state index in [-0.39, 0.29) is 25.7 Å². The van der Waals surface area contributed by atoms with E-state index in [9.17, 15) is 24.3 Å². The number of aliphatic carboxylic acids is 2. The molecule has 0 aromatic heterocycles. The number of carbonyl (C=O) groups excluding carboxylic acids is 2. The second kappa shape index (κ2) is 43.4. The van der Waals surface area contributed by atoms with Gasteiger partial charge >= 0.3 is 24.2 Å². The predicted octanol–water partition coefficient (Wildman–Crippen LogP) is 10.8. The average Bonchev–Trinajstić information content (AvgIpc) is 3.21. The molecule has 4 unspecified atom stereocenters. The first-order valence-electron chi connectivity index (χ1n) is 23.7. The van der Waals surface area contributed by atoms with Crippen LogP contribution in [0.3, 0.4) is 0 Å². The number of aliphatic hydroxyl groups is 1. The Kier molecular flexibility index (Phi) is 43.0. The Morgan fingerprint density at radius 1 is 0.542 bits per heavy atom. The molecule has 13 heteroatoms. The van der Waals surface area contributed by atoms with E-state index in [1.54, 1.807) is 0 Å². The van der Waals surface area contributed by atoms with Crippen molar-refractivity contribution >= 4 is 24.2 Å². The lowest BCUT2D eigenvalue weighted by Gasteiger charge is -2.22. The normalized spacial score (nSPS) is 13.2. The number of hydrogen-bond acceptors (Lipinski definition) is 11. The molecule has 0 spiro atoms. The first-order chi connectivity index (χ1) is 28.5. The molecule has 0 aromatic carbocycles. The topological polar surface area (TPSA) is 181 Å². The molecule has 0 amide bonds. The Labute approximate surface area is 359 Å². The highest BCUT2D eigenvalue weighted by atomic mass is 16.7. The Hall–Kier alpha value is -2.64. The molecule has 0 saturated carbocycles. The van der Waals surface area contributed by atoms with Crippen LogP contribution in [-0.2, 0) is 28.5 Å². The van der Waals surface area contributed by atoms with Gasteiger partial charge < -0.3 is 44.5 Å². The highest BCUT2D eigenvalue weighted by Crippen LogP contribution is 2.21. The summed E-state index contributed by atoms with van der Waals surface area (Å²) in [7, 11) is 0. The monoisotopic (exact) mass is 847 g/mol. The minimum absolute atomic E-state index is 0.0331. The van der Waals surface area contributed by atoms with E-state index in [0.29, 0.717) is 70.6 Å². The maximum atomic E-state index is 12.4. The Morgan fingerprint density at radius 3 is 1.44 bits per heavy atom. The molecule has 0 aliphatic heterocycles. The van der Waals surface area contributed by atoms with Gasteiger partial charge in [-0.05, 0) is 96.2 Å². The van der Waals surface area contributed by atoms with Gasteiger partial charge in [-0.15, -0.1) is 0 Å². The van der Waals surface area contributed by atoms with E-state index >= 15 is 0 Å². The van der Waals surface area contributed by atoms with Gasteiger partial charge in [-0.3, -0.25) is 9.59 Å². The fourth-order valence-electron chi connectivity index (χ4n) is 6.82. The number of hydrogen-bond donors (Lipinski definition) is 4. The molecule has 0 aliphatic carbocycles. The van der Waals surface area contributed by atoms with Gasteiger partial charge in [-0.2, -0.15) is 0 Å². The average molecular weight is 847 g/mol. The van der Waals surface area contributed by atoms with Crippen LogP contribution < -0.4 is 5.32 Å². The number of nitrogens with zero attached hydrogens (tertiary/aromatic N) is 1. The van der Waals surface area contributed by atoms with Gasteiger partial charge in [0.15, 0.2) is 0 Å². The second-order valence-electron chi connectivity index (χ2n) is 15.9. The summed E-state index contributed by atoms with van der Waals surface area (Å²) in [6, 6.07) is 0. The second-order valence-corrected chi connectivity index (χ2v) is 15.9. The zero-order valence-corrected chi connectivity index (χ0v) is 38.5. The standard InChI is InChI=1S/C34H64N2O10.C12H26O/c1-5-9-11-13-16-29(18-15-19-31(37)38)45-33(41)43-26-23-35-24-27-44-34(42)46-30(17-14-12-10-6-2)21-20-28(32(39)40)22-25-36(7-3)8-4;1-3-5-7-8-10-12(11-13)9-6-4-2/h28-30,35H,5-27H2,1-4H3,(H,37,38)(H,39,40);12-13H,3-11H2,1-2H3. The van der Waals surface area contributed by atoms with Gasteiger partial charge in [0.2, 0.25) is 0 Å². The van der Waals surface area contributed by atoms with Gasteiger partial charge in [0.25, 0.3) is 0 Å². The van der Waals surface area contributed by atoms with Crippen LogP contribution in [0.2, 0.25) is 0 Å². The minimum atomic E-state index is -0.872. The fraction of sp³-hybridized carbons (Fsp3) is 0.913. The Morgan fingerprint density at radius 2 is 1.00 bits per heavy atom. The van der Waals surface area contributed by atoms with E-state index in [1.165, 1.54) is 51.4 Å². The molecule has 0 radical (unpaired) electrons. The highest BCUT2D eigenvalue weighted by Gasteiger charge is 2.23. The lowest BCUT2D eigenvalue weighted by Crippen LogP contribution is -2.29. The summed E-state index contributed by atoms with van der Waals surface area (Å²) in [6.07, 6.45) is 20.0. The van der Waals surface area contributed by atoms with Crippen molar-refractivity contribution < 1.29 is 53.4 Å². The largest absolute Gasteiger partial charge is 0.508 e. The zero-order chi connectivity index (χ0) is 44.4. The summed E-state index contributed by atoms with van der Waals surface area (Å²) in [5, 5.41) is 30.8. The molecule has 13 nitrogen and oxygen atoms in total. The smallest absolute Gasteiger partial charge is 0.481 e. The molecule has 59 heavy (non-hydrogen) atoms. The number of carboxylic acids is 2. The van der Waals surface area contributed by atoms with Crippen molar-refractivity contribution in [2.45, 2.75) is 208 Å². The van der Waals surface area contributed by atoms with Crippen LogP contribution >= 0.6 is 0 Å². The van der Waals surface area contributed by atoms with Gasteiger partial charge in [-0.25, -0.2) is 9.59 Å². The molecule has 0 aromatic rings. The van der Waals surface area contributed by atoms with Crippen LogP contribution in [0.25, 0.3) is 0 Å². The van der Waals surface area contributed by atoms with Crippen molar-refractivity contribution in [1.29, 1.82) is 0 Å². The van der Waals surface area contributed by atoms with Gasteiger partial charge in [-0.1, -0.05) is 119 Å². The molecule has 4 atom stereocenters. The molecule has 0 fully saturated rings. The lowest BCUT2D eigenvalue weighted by atomic mass is 9.95.